The SMILES string of the molecule is c1nc(-c2ccc3c(c2)CCCO3)cs1. The molecule has 0 aliphatic carbocycles. The minimum absolute atomic E-state index is 0.850. The van der Waals surface area contributed by atoms with Crippen molar-refractivity contribution in [3.63, 3.8) is 0 Å². The van der Waals surface area contributed by atoms with Crippen molar-refractivity contribution in [2.24, 2.45) is 0 Å². The summed E-state index contributed by atoms with van der Waals surface area (Å²) in [5.74, 6) is 1.04. The minimum atomic E-state index is 0.850. The van der Waals surface area contributed by atoms with Crippen LogP contribution < -0.4 is 4.74 Å². The van der Waals surface area contributed by atoms with Gasteiger partial charge in [-0.05, 0) is 36.6 Å². The Bertz CT molecular complexity index is 464. The van der Waals surface area contributed by atoms with Gasteiger partial charge in [-0.15, -0.1) is 11.3 Å². The first-order chi connectivity index (χ1) is 7.43. The summed E-state index contributed by atoms with van der Waals surface area (Å²) in [6, 6.07) is 6.34. The lowest BCUT2D eigenvalue weighted by molar-refractivity contribution is 0.288. The summed E-state index contributed by atoms with van der Waals surface area (Å²) in [7, 11) is 0. The van der Waals surface area contributed by atoms with Crippen molar-refractivity contribution in [3.05, 3.63) is 34.7 Å². The van der Waals surface area contributed by atoms with Crippen LogP contribution in [0.15, 0.2) is 29.1 Å². The molecule has 1 aliphatic heterocycles. The van der Waals surface area contributed by atoms with Crippen LogP contribution in [0.5, 0.6) is 5.75 Å². The summed E-state index contributed by atoms with van der Waals surface area (Å²) in [5, 5.41) is 2.07. The third kappa shape index (κ3) is 1.63. The zero-order valence-electron chi connectivity index (χ0n) is 8.27. The summed E-state index contributed by atoms with van der Waals surface area (Å²) in [4.78, 5) is 4.31. The van der Waals surface area contributed by atoms with Crippen molar-refractivity contribution in [1.82, 2.24) is 4.98 Å². The van der Waals surface area contributed by atoms with E-state index in [0.29, 0.717) is 0 Å². The number of nitrogens with zero attached hydrogens (tertiary/aromatic N) is 1. The second-order valence-corrected chi connectivity index (χ2v) is 4.37. The van der Waals surface area contributed by atoms with E-state index in [1.54, 1.807) is 11.3 Å². The minimum Gasteiger partial charge on any atom is -0.493 e. The van der Waals surface area contributed by atoms with Gasteiger partial charge in [0.2, 0.25) is 0 Å². The molecule has 0 N–H and O–H groups in total. The first kappa shape index (κ1) is 8.92. The highest BCUT2D eigenvalue weighted by atomic mass is 32.1. The summed E-state index contributed by atoms with van der Waals surface area (Å²) in [5.41, 5.74) is 5.44. The Morgan fingerprint density at radius 1 is 1.33 bits per heavy atom. The number of ether oxygens (including phenoxy) is 1. The van der Waals surface area contributed by atoms with Crippen LogP contribution in [0.3, 0.4) is 0 Å². The van der Waals surface area contributed by atoms with Crippen LogP contribution in [0.2, 0.25) is 0 Å². The van der Waals surface area contributed by atoms with Gasteiger partial charge in [-0.3, -0.25) is 0 Å². The van der Waals surface area contributed by atoms with Crippen molar-refractivity contribution in [3.8, 4) is 17.0 Å². The van der Waals surface area contributed by atoms with Crippen LogP contribution in [0.4, 0.5) is 0 Å². The average molecular weight is 217 g/mol. The van der Waals surface area contributed by atoms with Crippen LogP contribution in [-0.2, 0) is 6.42 Å². The monoisotopic (exact) mass is 217 g/mol. The Morgan fingerprint density at radius 2 is 2.33 bits per heavy atom. The summed E-state index contributed by atoms with van der Waals surface area (Å²) in [6.45, 7) is 0.850. The van der Waals surface area contributed by atoms with Gasteiger partial charge in [0.25, 0.3) is 0 Å². The molecule has 0 amide bonds. The molecule has 1 aliphatic rings. The van der Waals surface area contributed by atoms with Crippen molar-refractivity contribution in [2.45, 2.75) is 12.8 Å². The number of aryl methyl sites for hydroxylation is 1. The first-order valence-electron chi connectivity index (χ1n) is 5.08. The molecule has 0 unspecified atom stereocenters. The van der Waals surface area contributed by atoms with Gasteiger partial charge in [0.1, 0.15) is 5.75 Å². The van der Waals surface area contributed by atoms with Crippen LogP contribution in [-0.4, -0.2) is 11.6 Å². The molecule has 0 bridgehead atoms. The molecule has 76 valence electrons. The molecule has 0 radical (unpaired) electrons. The van der Waals surface area contributed by atoms with Crippen LogP contribution in [0.25, 0.3) is 11.3 Å². The molecular weight excluding hydrogens is 206 g/mol. The smallest absolute Gasteiger partial charge is 0.122 e. The number of hydrogen-bond donors (Lipinski definition) is 0. The molecule has 0 spiro atoms. The second kappa shape index (κ2) is 3.66. The molecule has 15 heavy (non-hydrogen) atoms. The van der Waals surface area contributed by atoms with Crippen LogP contribution in [0, 0.1) is 0 Å². The van der Waals surface area contributed by atoms with E-state index < -0.39 is 0 Å². The maximum atomic E-state index is 5.58. The summed E-state index contributed by atoms with van der Waals surface area (Å²) in [6.07, 6.45) is 2.24. The lowest BCUT2D eigenvalue weighted by atomic mass is 10.0. The Labute approximate surface area is 92.6 Å². The van der Waals surface area contributed by atoms with E-state index in [-0.39, 0.29) is 0 Å². The molecule has 0 fully saturated rings. The van der Waals surface area contributed by atoms with Crippen LogP contribution >= 0.6 is 11.3 Å². The molecular formula is C12H11NOS. The molecule has 3 rings (SSSR count). The zero-order chi connectivity index (χ0) is 10.1. The Hall–Kier alpha value is -1.35. The first-order valence-corrected chi connectivity index (χ1v) is 6.02. The topological polar surface area (TPSA) is 22.1 Å². The predicted molar refractivity (Wildman–Crippen MR) is 61.4 cm³/mol. The van der Waals surface area contributed by atoms with Gasteiger partial charge in [0, 0.05) is 10.9 Å². The van der Waals surface area contributed by atoms with E-state index in [0.717, 1.165) is 30.9 Å². The zero-order valence-corrected chi connectivity index (χ0v) is 9.09. The molecule has 0 atom stereocenters. The summed E-state index contributed by atoms with van der Waals surface area (Å²) < 4.78 is 5.58. The fraction of sp³-hybridized carbons (Fsp3) is 0.250. The maximum Gasteiger partial charge on any atom is 0.122 e. The van der Waals surface area contributed by atoms with E-state index in [2.05, 4.69) is 28.6 Å². The molecule has 3 heteroatoms. The standard InChI is InChI=1S/C12H11NOS/c1-2-10-6-9(11-7-15-8-13-11)3-4-12(10)14-5-1/h3-4,6-8H,1-2,5H2. The van der Waals surface area contributed by atoms with Gasteiger partial charge in [-0.25, -0.2) is 4.98 Å². The van der Waals surface area contributed by atoms with Crippen LogP contribution in [0.1, 0.15) is 12.0 Å². The average Bonchev–Trinajstić information content (AvgIpc) is 2.82. The summed E-state index contributed by atoms with van der Waals surface area (Å²) >= 11 is 1.63. The number of hydrogen-bond acceptors (Lipinski definition) is 3. The lowest BCUT2D eigenvalue weighted by Gasteiger charge is -2.17. The lowest BCUT2D eigenvalue weighted by Crippen LogP contribution is -2.07. The van der Waals surface area contributed by atoms with E-state index in [9.17, 15) is 0 Å². The molecule has 0 saturated carbocycles. The molecule has 1 aromatic carbocycles. The van der Waals surface area contributed by atoms with Crippen molar-refractivity contribution in [2.75, 3.05) is 6.61 Å². The van der Waals surface area contributed by atoms with Crippen molar-refractivity contribution in [1.29, 1.82) is 0 Å². The molecule has 2 aromatic rings. The Morgan fingerprint density at radius 3 is 3.20 bits per heavy atom. The van der Waals surface area contributed by atoms with E-state index >= 15 is 0 Å². The molecule has 2 nitrogen and oxygen atoms in total. The predicted octanol–water partition coefficient (Wildman–Crippen LogP) is 3.14. The quantitative estimate of drug-likeness (QED) is 0.732. The number of aromatic nitrogens is 1. The van der Waals surface area contributed by atoms with Crippen molar-refractivity contribution >= 4 is 11.3 Å². The van der Waals surface area contributed by atoms with E-state index in [1.165, 1.54) is 11.1 Å². The van der Waals surface area contributed by atoms with Gasteiger partial charge in [0.15, 0.2) is 0 Å². The number of rotatable bonds is 1. The third-order valence-corrected chi connectivity index (χ3v) is 3.22. The highest BCUT2D eigenvalue weighted by molar-refractivity contribution is 7.07. The molecule has 0 saturated heterocycles. The highest BCUT2D eigenvalue weighted by Crippen LogP contribution is 2.29. The second-order valence-electron chi connectivity index (χ2n) is 3.65. The van der Waals surface area contributed by atoms with E-state index in [4.69, 9.17) is 4.74 Å². The highest BCUT2D eigenvalue weighted by Gasteiger charge is 2.11. The van der Waals surface area contributed by atoms with Gasteiger partial charge in [0.05, 0.1) is 17.8 Å². The molecule has 1 aromatic heterocycles. The van der Waals surface area contributed by atoms with Crippen molar-refractivity contribution < 1.29 is 4.74 Å². The fourth-order valence-corrected chi connectivity index (χ4v) is 2.44. The van der Waals surface area contributed by atoms with Gasteiger partial charge in [-0.1, -0.05) is 0 Å². The Kier molecular flexibility index (Phi) is 2.18. The fourth-order valence-electron chi connectivity index (χ4n) is 1.87. The van der Waals surface area contributed by atoms with E-state index in [1.807, 2.05) is 5.51 Å². The molecule has 2 heterocycles. The maximum absolute atomic E-state index is 5.58. The normalized spacial score (nSPS) is 14.4. The number of thiazole rings is 1. The number of benzene rings is 1. The Balaban J connectivity index is 2.04. The van der Waals surface area contributed by atoms with Gasteiger partial charge >= 0.3 is 0 Å². The number of fused-ring (bicyclic) bond motifs is 1. The largest absolute Gasteiger partial charge is 0.493 e. The van der Waals surface area contributed by atoms with Gasteiger partial charge < -0.3 is 4.74 Å². The van der Waals surface area contributed by atoms with Gasteiger partial charge in [-0.2, -0.15) is 0 Å². The third-order valence-electron chi connectivity index (χ3n) is 2.64.